The Kier molecular flexibility index (Phi) is 7.30. The molecule has 0 N–H and O–H groups in total. The van der Waals surface area contributed by atoms with Crippen molar-refractivity contribution < 1.29 is 9.47 Å². The minimum atomic E-state index is 0.0719. The lowest BCUT2D eigenvalue weighted by molar-refractivity contribution is 0.340. The Bertz CT molecular complexity index is 1040. The largest absolute Gasteiger partial charge is 0.494 e. The molecule has 154 valence electrons. The number of nitrogens with zero attached hydrogens (tertiary/aromatic N) is 3. The predicted molar refractivity (Wildman–Crippen MR) is 123 cm³/mol. The van der Waals surface area contributed by atoms with Crippen molar-refractivity contribution in [1.82, 2.24) is 0 Å². The van der Waals surface area contributed by atoms with Crippen LogP contribution in [0.25, 0.3) is 6.08 Å². The molecule has 3 aromatic rings. The van der Waals surface area contributed by atoms with Crippen LogP contribution in [0.15, 0.2) is 78.4 Å². The van der Waals surface area contributed by atoms with Crippen LogP contribution in [0, 0.1) is 22.7 Å². The number of allylic oxidation sites excluding steroid dienone is 1. The third kappa shape index (κ3) is 5.44. The van der Waals surface area contributed by atoms with Gasteiger partial charge in [-0.15, -0.1) is 0 Å². The number of rotatable bonds is 8. The Morgan fingerprint density at radius 3 is 1.45 bits per heavy atom. The molecule has 3 rings (SSSR count). The van der Waals surface area contributed by atoms with Crippen molar-refractivity contribution in [3.63, 3.8) is 0 Å². The molecule has 0 saturated heterocycles. The van der Waals surface area contributed by atoms with Gasteiger partial charge in [0.25, 0.3) is 0 Å². The maximum atomic E-state index is 8.98. The highest BCUT2D eigenvalue weighted by atomic mass is 16.5. The minimum Gasteiger partial charge on any atom is -0.494 e. The highest BCUT2D eigenvalue weighted by Gasteiger charge is 2.13. The second-order valence-electron chi connectivity index (χ2n) is 6.56. The van der Waals surface area contributed by atoms with Gasteiger partial charge < -0.3 is 14.4 Å². The summed E-state index contributed by atoms with van der Waals surface area (Å²) in [6.45, 7) is 5.15. The van der Waals surface area contributed by atoms with Crippen LogP contribution in [0.3, 0.4) is 0 Å². The first-order valence-corrected chi connectivity index (χ1v) is 10.1. The van der Waals surface area contributed by atoms with Crippen molar-refractivity contribution in [3.8, 4) is 23.6 Å². The van der Waals surface area contributed by atoms with E-state index >= 15 is 0 Å². The molecule has 5 nitrogen and oxygen atoms in total. The number of benzene rings is 3. The second-order valence-corrected chi connectivity index (χ2v) is 6.56. The molecule has 0 bridgehead atoms. The molecule has 0 radical (unpaired) electrons. The molecular weight excluding hydrogens is 386 g/mol. The zero-order valence-corrected chi connectivity index (χ0v) is 17.6. The van der Waals surface area contributed by atoms with Crippen molar-refractivity contribution in [2.45, 2.75) is 13.8 Å². The molecule has 0 unspecified atom stereocenters. The van der Waals surface area contributed by atoms with Gasteiger partial charge in [0.15, 0.2) is 0 Å². The number of ether oxygens (including phenoxy) is 2. The zero-order valence-electron chi connectivity index (χ0n) is 17.6. The highest BCUT2D eigenvalue weighted by molar-refractivity contribution is 5.78. The Hall–Kier alpha value is -4.22. The molecule has 0 atom stereocenters. The molecule has 0 spiro atoms. The topological polar surface area (TPSA) is 69.3 Å². The Labute approximate surface area is 183 Å². The van der Waals surface area contributed by atoms with Gasteiger partial charge in [-0.05, 0) is 86.2 Å². The van der Waals surface area contributed by atoms with Gasteiger partial charge in [-0.1, -0.05) is 12.1 Å². The first-order valence-electron chi connectivity index (χ1n) is 10.1. The van der Waals surface area contributed by atoms with Crippen LogP contribution in [0.4, 0.5) is 17.1 Å². The first kappa shape index (κ1) is 21.5. The monoisotopic (exact) mass is 409 g/mol. The van der Waals surface area contributed by atoms with Gasteiger partial charge in [0.1, 0.15) is 29.2 Å². The third-order valence-corrected chi connectivity index (χ3v) is 4.52. The quantitative estimate of drug-likeness (QED) is 0.404. The summed E-state index contributed by atoms with van der Waals surface area (Å²) >= 11 is 0. The fraction of sp³-hybridized carbons (Fsp3) is 0.154. The van der Waals surface area contributed by atoms with Crippen LogP contribution < -0.4 is 14.4 Å². The van der Waals surface area contributed by atoms with Gasteiger partial charge in [0.05, 0.1) is 13.2 Å². The van der Waals surface area contributed by atoms with Crippen molar-refractivity contribution in [2.24, 2.45) is 0 Å². The number of nitriles is 2. The average Bonchev–Trinajstić information content (AvgIpc) is 2.81. The van der Waals surface area contributed by atoms with E-state index in [1.807, 2.05) is 98.8 Å². The molecule has 5 heteroatoms. The van der Waals surface area contributed by atoms with Crippen molar-refractivity contribution >= 4 is 23.1 Å². The molecule has 0 aliphatic rings. The Morgan fingerprint density at radius 1 is 0.710 bits per heavy atom. The summed E-state index contributed by atoms with van der Waals surface area (Å²) in [5.41, 5.74) is 3.76. The summed E-state index contributed by atoms with van der Waals surface area (Å²) in [5, 5.41) is 18.0. The van der Waals surface area contributed by atoms with Crippen LogP contribution in [0.2, 0.25) is 0 Å². The highest BCUT2D eigenvalue weighted by Crippen LogP contribution is 2.36. The van der Waals surface area contributed by atoms with E-state index in [4.69, 9.17) is 20.0 Å². The van der Waals surface area contributed by atoms with E-state index in [1.54, 1.807) is 6.08 Å². The van der Waals surface area contributed by atoms with Crippen LogP contribution in [0.1, 0.15) is 19.4 Å². The predicted octanol–water partition coefficient (Wildman–Crippen LogP) is 6.38. The molecule has 3 aromatic carbocycles. The van der Waals surface area contributed by atoms with E-state index in [0.29, 0.717) is 13.2 Å². The van der Waals surface area contributed by atoms with Crippen molar-refractivity contribution in [2.75, 3.05) is 18.1 Å². The summed E-state index contributed by atoms with van der Waals surface area (Å²) in [6.07, 6.45) is 1.57. The van der Waals surface area contributed by atoms with E-state index in [1.165, 1.54) is 0 Å². The molecule has 0 saturated carbocycles. The van der Waals surface area contributed by atoms with E-state index in [0.717, 1.165) is 34.1 Å². The Balaban J connectivity index is 2.00. The summed E-state index contributed by atoms with van der Waals surface area (Å²) in [7, 11) is 0. The fourth-order valence-electron chi connectivity index (χ4n) is 3.14. The first-order chi connectivity index (χ1) is 15.2. The molecule has 31 heavy (non-hydrogen) atoms. The molecule has 0 aliphatic heterocycles. The normalized spacial score (nSPS) is 9.81. The summed E-state index contributed by atoms with van der Waals surface area (Å²) in [5.74, 6) is 1.64. The van der Waals surface area contributed by atoms with Crippen LogP contribution >= 0.6 is 0 Å². The SMILES string of the molecule is CCOc1ccc(N(c2ccc(C=C(C#N)C#N)cc2)c2ccc(OCC)cc2)cc1. The maximum Gasteiger partial charge on any atom is 0.130 e. The summed E-state index contributed by atoms with van der Waals surface area (Å²) in [4.78, 5) is 2.12. The lowest BCUT2D eigenvalue weighted by Crippen LogP contribution is -2.10. The van der Waals surface area contributed by atoms with E-state index < -0.39 is 0 Å². The van der Waals surface area contributed by atoms with Crippen LogP contribution in [0.5, 0.6) is 11.5 Å². The van der Waals surface area contributed by atoms with Gasteiger partial charge >= 0.3 is 0 Å². The smallest absolute Gasteiger partial charge is 0.130 e. The van der Waals surface area contributed by atoms with E-state index in [-0.39, 0.29) is 5.57 Å². The van der Waals surface area contributed by atoms with E-state index in [9.17, 15) is 0 Å². The molecule has 0 fully saturated rings. The number of hydrogen-bond acceptors (Lipinski definition) is 5. The third-order valence-electron chi connectivity index (χ3n) is 4.52. The zero-order chi connectivity index (χ0) is 22.1. The van der Waals surface area contributed by atoms with Gasteiger partial charge in [-0.2, -0.15) is 10.5 Å². The lowest BCUT2D eigenvalue weighted by atomic mass is 10.1. The van der Waals surface area contributed by atoms with Crippen LogP contribution in [-0.2, 0) is 0 Å². The molecule has 0 aliphatic carbocycles. The molecular formula is C26H23N3O2. The van der Waals surface area contributed by atoms with Gasteiger partial charge in [0.2, 0.25) is 0 Å². The lowest BCUT2D eigenvalue weighted by Gasteiger charge is -2.26. The van der Waals surface area contributed by atoms with Gasteiger partial charge in [-0.25, -0.2) is 0 Å². The standard InChI is InChI=1S/C26H23N3O2/c1-3-30-25-13-9-23(10-14-25)29(24-11-15-26(16-12-24)31-4-2)22-7-5-20(6-8-22)17-21(18-27)19-28/h5-17H,3-4H2,1-2H3. The Morgan fingerprint density at radius 2 is 1.10 bits per heavy atom. The molecule has 0 heterocycles. The summed E-state index contributed by atoms with van der Waals surface area (Å²) in [6, 6.07) is 27.3. The van der Waals surface area contributed by atoms with Crippen LogP contribution in [-0.4, -0.2) is 13.2 Å². The fourth-order valence-corrected chi connectivity index (χ4v) is 3.14. The van der Waals surface area contributed by atoms with Crippen molar-refractivity contribution in [3.05, 3.63) is 83.9 Å². The van der Waals surface area contributed by atoms with E-state index in [2.05, 4.69) is 4.90 Å². The minimum absolute atomic E-state index is 0.0719. The van der Waals surface area contributed by atoms with Gasteiger partial charge in [-0.3, -0.25) is 0 Å². The summed E-state index contributed by atoms with van der Waals surface area (Å²) < 4.78 is 11.1. The van der Waals surface area contributed by atoms with Gasteiger partial charge in [0, 0.05) is 17.1 Å². The molecule has 0 aromatic heterocycles. The maximum absolute atomic E-state index is 8.98. The number of anilines is 3. The second kappa shape index (κ2) is 10.5. The van der Waals surface area contributed by atoms with Crippen molar-refractivity contribution in [1.29, 1.82) is 10.5 Å². The average molecular weight is 409 g/mol. The molecule has 0 amide bonds. The number of hydrogen-bond donors (Lipinski definition) is 0.